The molecule has 4 bridgehead atoms. The molecule has 144 valence electrons. The summed E-state index contributed by atoms with van der Waals surface area (Å²) in [5.41, 5.74) is 0.341. The largest absolute Gasteiger partial charge is 0.429 e. The first-order valence-electron chi connectivity index (χ1n) is 9.99. The van der Waals surface area contributed by atoms with Crippen LogP contribution in [0, 0.1) is 23.7 Å². The zero-order chi connectivity index (χ0) is 18.1. The third kappa shape index (κ3) is 2.42. The molecule has 0 aromatic heterocycles. The molecule has 4 aliphatic carbocycles. The van der Waals surface area contributed by atoms with E-state index in [4.69, 9.17) is 23.7 Å². The Hall–Kier alpha value is -0.950. The third-order valence-electron chi connectivity index (χ3n) is 6.95. The van der Waals surface area contributed by atoms with E-state index in [1.807, 2.05) is 6.92 Å². The molecule has 0 radical (unpaired) electrons. The summed E-state index contributed by atoms with van der Waals surface area (Å²) in [5.74, 6) is 1.50. The number of hydrogen-bond donors (Lipinski definition) is 0. The van der Waals surface area contributed by atoms with E-state index < -0.39 is 30.4 Å². The van der Waals surface area contributed by atoms with Crippen molar-refractivity contribution in [3.63, 3.8) is 0 Å². The highest BCUT2D eigenvalue weighted by Gasteiger charge is 2.68. The molecule has 1 spiro atoms. The van der Waals surface area contributed by atoms with Crippen LogP contribution in [0.1, 0.15) is 46.0 Å². The molecular formula is C20H28O6. The maximum absolute atomic E-state index is 12.0. The van der Waals surface area contributed by atoms with Crippen LogP contribution in [0.3, 0.4) is 0 Å². The van der Waals surface area contributed by atoms with Crippen molar-refractivity contribution in [2.45, 2.75) is 76.5 Å². The van der Waals surface area contributed by atoms with Gasteiger partial charge in [-0.1, -0.05) is 6.58 Å². The second-order valence-electron chi connectivity index (χ2n) is 8.70. The van der Waals surface area contributed by atoms with Crippen LogP contribution in [0.2, 0.25) is 0 Å². The molecule has 26 heavy (non-hydrogen) atoms. The average molecular weight is 364 g/mol. The summed E-state index contributed by atoms with van der Waals surface area (Å²) in [6, 6.07) is 0. The van der Waals surface area contributed by atoms with Crippen LogP contribution in [-0.2, 0) is 28.5 Å². The normalized spacial score (nSPS) is 51.0. The van der Waals surface area contributed by atoms with Crippen molar-refractivity contribution in [2.24, 2.45) is 23.7 Å². The molecule has 6 aliphatic rings. The summed E-state index contributed by atoms with van der Waals surface area (Å²) in [5, 5.41) is 0. The second-order valence-corrected chi connectivity index (χ2v) is 8.70. The van der Waals surface area contributed by atoms with Crippen molar-refractivity contribution in [1.29, 1.82) is 0 Å². The summed E-state index contributed by atoms with van der Waals surface area (Å²) in [6.07, 6.45) is 3.95. The molecular weight excluding hydrogens is 336 g/mol. The highest BCUT2D eigenvalue weighted by Crippen LogP contribution is 2.63. The molecule has 0 aromatic rings. The molecule has 2 saturated heterocycles. The van der Waals surface area contributed by atoms with Crippen molar-refractivity contribution in [1.82, 2.24) is 0 Å². The average Bonchev–Trinajstić information content (AvgIpc) is 3.11. The zero-order valence-corrected chi connectivity index (χ0v) is 15.5. The minimum atomic E-state index is -0.808. The summed E-state index contributed by atoms with van der Waals surface area (Å²) in [4.78, 5) is 12.0. The van der Waals surface area contributed by atoms with Crippen LogP contribution in [0.5, 0.6) is 0 Å². The molecule has 6 fully saturated rings. The molecule has 0 amide bonds. The van der Waals surface area contributed by atoms with E-state index in [0.29, 0.717) is 24.0 Å². The molecule has 6 heteroatoms. The Morgan fingerprint density at radius 1 is 1.04 bits per heavy atom. The van der Waals surface area contributed by atoms with Gasteiger partial charge in [-0.3, -0.25) is 0 Å². The SMILES string of the molecule is C=C(C)C(=O)OC1OC(OCC)C2OC3(OC12)C1CC2CC(C1)CC3C2. The van der Waals surface area contributed by atoms with E-state index in [1.54, 1.807) is 6.92 Å². The van der Waals surface area contributed by atoms with Crippen molar-refractivity contribution >= 4 is 5.97 Å². The first kappa shape index (κ1) is 17.2. The molecule has 6 rings (SSSR count). The lowest BCUT2D eigenvalue weighted by atomic mass is 9.53. The van der Waals surface area contributed by atoms with E-state index in [0.717, 1.165) is 11.8 Å². The Bertz CT molecular complexity index is 587. The maximum atomic E-state index is 12.0. The Balaban J connectivity index is 1.40. The van der Waals surface area contributed by atoms with Gasteiger partial charge in [0.25, 0.3) is 0 Å². The van der Waals surface area contributed by atoms with Crippen LogP contribution >= 0.6 is 0 Å². The highest BCUT2D eigenvalue weighted by molar-refractivity contribution is 5.87. The summed E-state index contributed by atoms with van der Waals surface area (Å²) in [6.45, 7) is 7.69. The lowest BCUT2D eigenvalue weighted by Gasteiger charge is -2.58. The van der Waals surface area contributed by atoms with Crippen LogP contribution < -0.4 is 0 Å². The highest BCUT2D eigenvalue weighted by atomic mass is 16.8. The van der Waals surface area contributed by atoms with Gasteiger partial charge in [0.05, 0.1) is 0 Å². The van der Waals surface area contributed by atoms with Gasteiger partial charge < -0.3 is 23.7 Å². The van der Waals surface area contributed by atoms with E-state index in [2.05, 4.69) is 6.58 Å². The van der Waals surface area contributed by atoms with E-state index in [9.17, 15) is 4.79 Å². The van der Waals surface area contributed by atoms with Gasteiger partial charge in [0, 0.05) is 24.0 Å². The van der Waals surface area contributed by atoms with Crippen LogP contribution in [-0.4, -0.2) is 43.2 Å². The predicted octanol–water partition coefficient (Wildman–Crippen LogP) is 2.76. The molecule has 2 aliphatic heterocycles. The molecule has 0 aromatic carbocycles. The van der Waals surface area contributed by atoms with Gasteiger partial charge in [-0.25, -0.2) is 4.79 Å². The first-order chi connectivity index (χ1) is 12.5. The lowest BCUT2D eigenvalue weighted by molar-refractivity contribution is -0.336. The molecule has 6 nitrogen and oxygen atoms in total. The minimum absolute atomic E-state index is 0.341. The van der Waals surface area contributed by atoms with E-state index >= 15 is 0 Å². The summed E-state index contributed by atoms with van der Waals surface area (Å²) >= 11 is 0. The number of fused-ring (bicyclic) bond motifs is 1. The van der Waals surface area contributed by atoms with Gasteiger partial charge in [0.15, 0.2) is 18.2 Å². The molecule has 4 saturated carbocycles. The van der Waals surface area contributed by atoms with Crippen molar-refractivity contribution in [3.8, 4) is 0 Å². The van der Waals surface area contributed by atoms with Gasteiger partial charge in [0.1, 0.15) is 6.10 Å². The van der Waals surface area contributed by atoms with Gasteiger partial charge in [0.2, 0.25) is 6.29 Å². The maximum Gasteiger partial charge on any atom is 0.335 e. The third-order valence-corrected chi connectivity index (χ3v) is 6.95. The van der Waals surface area contributed by atoms with E-state index in [-0.39, 0.29) is 6.10 Å². The standard InChI is InChI=1S/C20H28O6/c1-4-22-18-15-16(19(24-18)23-17(21)10(2)3)26-20(25-15)13-6-11-5-12(8-13)9-14(20)7-11/h11-16,18-19H,2,4-9H2,1,3H3. The Kier molecular flexibility index (Phi) is 3.98. The summed E-state index contributed by atoms with van der Waals surface area (Å²) in [7, 11) is 0. The number of carbonyl (C=O) groups is 1. The fourth-order valence-corrected chi connectivity index (χ4v) is 6.12. The quantitative estimate of drug-likeness (QED) is 0.565. The van der Waals surface area contributed by atoms with Gasteiger partial charge in [-0.05, 0) is 57.8 Å². The molecule has 2 heterocycles. The van der Waals surface area contributed by atoms with Crippen molar-refractivity contribution in [2.75, 3.05) is 6.61 Å². The van der Waals surface area contributed by atoms with Crippen LogP contribution in [0.25, 0.3) is 0 Å². The van der Waals surface area contributed by atoms with Crippen molar-refractivity contribution < 1.29 is 28.5 Å². The second kappa shape index (κ2) is 6.03. The van der Waals surface area contributed by atoms with Gasteiger partial charge >= 0.3 is 5.97 Å². The number of hydrogen-bond acceptors (Lipinski definition) is 6. The fraction of sp³-hybridized carbons (Fsp3) is 0.850. The van der Waals surface area contributed by atoms with Gasteiger partial charge in [-0.15, -0.1) is 0 Å². The molecule has 0 N–H and O–H groups in total. The number of carbonyl (C=O) groups excluding carboxylic acids is 1. The van der Waals surface area contributed by atoms with Crippen molar-refractivity contribution in [3.05, 3.63) is 12.2 Å². The smallest absolute Gasteiger partial charge is 0.335 e. The zero-order valence-electron chi connectivity index (χ0n) is 15.5. The van der Waals surface area contributed by atoms with Crippen LogP contribution in [0.15, 0.2) is 12.2 Å². The minimum Gasteiger partial charge on any atom is -0.429 e. The monoisotopic (exact) mass is 364 g/mol. The predicted molar refractivity (Wildman–Crippen MR) is 90.7 cm³/mol. The first-order valence-corrected chi connectivity index (χ1v) is 9.99. The Morgan fingerprint density at radius 3 is 2.15 bits per heavy atom. The Labute approximate surface area is 154 Å². The van der Waals surface area contributed by atoms with Gasteiger partial charge in [-0.2, -0.15) is 0 Å². The lowest BCUT2D eigenvalue weighted by Crippen LogP contribution is -2.59. The number of rotatable bonds is 4. The summed E-state index contributed by atoms with van der Waals surface area (Å²) < 4.78 is 30.2. The topological polar surface area (TPSA) is 63.2 Å². The van der Waals surface area contributed by atoms with Crippen LogP contribution in [0.4, 0.5) is 0 Å². The van der Waals surface area contributed by atoms with E-state index in [1.165, 1.54) is 32.1 Å². The number of esters is 1. The molecule has 4 atom stereocenters. The Morgan fingerprint density at radius 2 is 1.62 bits per heavy atom. The molecule has 4 unspecified atom stereocenters. The number of ether oxygens (including phenoxy) is 5. The fourth-order valence-electron chi connectivity index (χ4n) is 6.12.